The highest BCUT2D eigenvalue weighted by Crippen LogP contribution is 2.28. The molecule has 17 heteroatoms. The topological polar surface area (TPSA) is 120 Å². The first-order chi connectivity index (χ1) is 22.1. The van der Waals surface area contributed by atoms with E-state index in [1.165, 1.54) is 6.92 Å². The smallest absolute Gasteiger partial charge is 0.407 e. The fraction of sp³-hybridized carbons (Fsp3) is 0.938. The van der Waals surface area contributed by atoms with Crippen molar-refractivity contribution < 1.29 is 45.0 Å². The van der Waals surface area contributed by atoms with Crippen LogP contribution in [0.5, 0.6) is 0 Å². The Kier molecular flexibility index (Phi) is 21.4. The van der Waals surface area contributed by atoms with Crippen LogP contribution in [0.3, 0.4) is 0 Å². The molecule has 49 heavy (non-hydrogen) atoms. The molecule has 11 nitrogen and oxygen atoms in total. The predicted octanol–water partition coefficient (Wildman–Crippen LogP) is 8.43. The normalized spacial score (nSPS) is 13.8. The van der Waals surface area contributed by atoms with Crippen molar-refractivity contribution >= 4 is 62.5 Å². The van der Waals surface area contributed by atoms with Gasteiger partial charge >= 0.3 is 29.2 Å². The summed E-state index contributed by atoms with van der Waals surface area (Å²) in [5, 5.41) is 2.66. The molecule has 0 saturated carbocycles. The van der Waals surface area contributed by atoms with Crippen molar-refractivity contribution in [3.8, 4) is 0 Å². The summed E-state index contributed by atoms with van der Waals surface area (Å²) in [5.41, 5.74) is -0.854. The van der Waals surface area contributed by atoms with Gasteiger partial charge < -0.3 is 40.7 Å². The van der Waals surface area contributed by atoms with Crippen LogP contribution in [-0.2, 0) is 40.2 Å². The molecule has 0 aliphatic heterocycles. The van der Waals surface area contributed by atoms with Gasteiger partial charge in [0.25, 0.3) is 0 Å². The van der Waals surface area contributed by atoms with Crippen LogP contribution in [-0.4, -0.2) is 109 Å². The third-order valence-corrected chi connectivity index (χ3v) is 25.9. The van der Waals surface area contributed by atoms with Crippen LogP contribution in [0.1, 0.15) is 39.5 Å². The van der Waals surface area contributed by atoms with Crippen LogP contribution in [0.2, 0.25) is 104 Å². The summed E-state index contributed by atoms with van der Waals surface area (Å²) in [6.45, 7) is 36.1. The Hall–Kier alpha value is -0.199. The highest BCUT2D eigenvalue weighted by molar-refractivity contribution is 6.88. The largest absolute Gasteiger partial charge is 0.465 e. The van der Waals surface area contributed by atoms with Crippen LogP contribution >= 0.6 is 0 Å². The molecule has 0 rings (SSSR count). The standard InChI is InChI=1S/C32H75NO10Si6/c1-17-33-31(35)39-29-32(28-38-30(2)34,26-36-22-18-20-24-48(15,40-44(3,4)5)41-45(6,7)8)27-37-23-19-21-25-49(16,42-46(9,10)11)43-47(12,13)14/h17-29H2,1-16H3,(H,33,35). The van der Waals surface area contributed by atoms with Gasteiger partial charge in [-0.25, -0.2) is 4.79 Å². The van der Waals surface area contributed by atoms with Gasteiger partial charge in [-0.15, -0.1) is 0 Å². The number of amides is 1. The average Bonchev–Trinajstić information content (AvgIpc) is 2.85. The Morgan fingerprint density at radius 2 is 0.878 bits per heavy atom. The lowest BCUT2D eigenvalue weighted by Gasteiger charge is -2.38. The number of carbonyl (C=O) groups excluding carboxylic acids is 2. The van der Waals surface area contributed by atoms with E-state index in [9.17, 15) is 9.59 Å². The second kappa shape index (κ2) is 21.5. The molecule has 1 amide bonds. The summed E-state index contributed by atoms with van der Waals surface area (Å²) in [5.74, 6) is -0.412. The van der Waals surface area contributed by atoms with Crippen LogP contribution < -0.4 is 5.32 Å². The number of hydrogen-bond acceptors (Lipinski definition) is 10. The fourth-order valence-electron chi connectivity index (χ4n) is 5.63. The zero-order valence-corrected chi connectivity index (χ0v) is 40.3. The first-order valence-electron chi connectivity index (χ1n) is 18.1. The van der Waals surface area contributed by atoms with E-state index in [0.717, 1.165) is 37.8 Å². The first kappa shape index (κ1) is 48.8. The van der Waals surface area contributed by atoms with E-state index >= 15 is 0 Å². The van der Waals surface area contributed by atoms with E-state index in [4.69, 9.17) is 35.4 Å². The van der Waals surface area contributed by atoms with Crippen molar-refractivity contribution in [1.29, 1.82) is 0 Å². The van der Waals surface area contributed by atoms with Crippen molar-refractivity contribution in [3.05, 3.63) is 0 Å². The molecule has 0 spiro atoms. The molecule has 0 aromatic heterocycles. The lowest BCUT2D eigenvalue weighted by atomic mass is 9.92. The summed E-state index contributed by atoms with van der Waals surface area (Å²) in [7, 11) is -11.7. The molecule has 0 bridgehead atoms. The van der Waals surface area contributed by atoms with Gasteiger partial charge in [0, 0.05) is 26.7 Å². The predicted molar refractivity (Wildman–Crippen MR) is 215 cm³/mol. The monoisotopic (exact) mass is 801 g/mol. The fourth-order valence-corrected chi connectivity index (χ4v) is 30.9. The Balaban J connectivity index is 5.47. The van der Waals surface area contributed by atoms with Gasteiger partial charge in [0.1, 0.15) is 13.2 Å². The van der Waals surface area contributed by atoms with E-state index in [1.807, 2.05) is 6.92 Å². The van der Waals surface area contributed by atoms with Crippen molar-refractivity contribution in [2.24, 2.45) is 5.41 Å². The van der Waals surface area contributed by atoms with E-state index in [-0.39, 0.29) is 26.4 Å². The average molecular weight is 802 g/mol. The lowest BCUT2D eigenvalue weighted by Crippen LogP contribution is -2.52. The van der Waals surface area contributed by atoms with Gasteiger partial charge in [0.2, 0.25) is 0 Å². The maximum atomic E-state index is 12.3. The summed E-state index contributed by atoms with van der Waals surface area (Å²) in [6, 6.07) is 1.81. The van der Waals surface area contributed by atoms with Crippen molar-refractivity contribution in [2.75, 3.05) is 46.2 Å². The molecule has 1 N–H and O–H groups in total. The molecule has 0 saturated heterocycles. The number of carbonyl (C=O) groups is 2. The van der Waals surface area contributed by atoms with Crippen molar-refractivity contribution in [3.63, 3.8) is 0 Å². The number of ether oxygens (including phenoxy) is 4. The molecule has 0 unspecified atom stereocenters. The quantitative estimate of drug-likeness (QED) is 0.0493. The number of nitrogens with one attached hydrogen (secondary N) is 1. The molecule has 292 valence electrons. The minimum atomic E-state index is -2.32. The molecule has 0 aliphatic carbocycles. The summed E-state index contributed by atoms with van der Waals surface area (Å²) >= 11 is 0. The summed E-state index contributed by atoms with van der Waals surface area (Å²) in [4.78, 5) is 24.2. The number of hydrogen-bond donors (Lipinski definition) is 1. The summed E-state index contributed by atoms with van der Waals surface area (Å²) < 4.78 is 50.0. The zero-order valence-electron chi connectivity index (χ0n) is 34.3. The van der Waals surface area contributed by atoms with Crippen molar-refractivity contribution in [2.45, 2.75) is 143 Å². The minimum absolute atomic E-state index is 0.00964. The molecule has 0 fully saturated rings. The first-order valence-corrected chi connectivity index (χ1v) is 36.8. The van der Waals surface area contributed by atoms with E-state index in [1.54, 1.807) is 0 Å². The third kappa shape index (κ3) is 27.1. The minimum Gasteiger partial charge on any atom is -0.465 e. The molecule has 0 aromatic carbocycles. The second-order valence-electron chi connectivity index (χ2n) is 17.5. The second-order valence-corrected chi connectivity index (χ2v) is 43.2. The zero-order chi connectivity index (χ0) is 38.2. The van der Waals surface area contributed by atoms with E-state index in [0.29, 0.717) is 19.8 Å². The Morgan fingerprint density at radius 1 is 0.531 bits per heavy atom. The number of esters is 1. The van der Waals surface area contributed by atoms with Crippen LogP contribution in [0.25, 0.3) is 0 Å². The van der Waals surface area contributed by atoms with Crippen LogP contribution in [0.4, 0.5) is 4.79 Å². The van der Waals surface area contributed by atoms with E-state index in [2.05, 4.69) is 97.0 Å². The maximum absolute atomic E-state index is 12.3. The van der Waals surface area contributed by atoms with Crippen LogP contribution in [0, 0.1) is 5.41 Å². The highest BCUT2D eigenvalue weighted by atomic mass is 28.5. The van der Waals surface area contributed by atoms with Crippen LogP contribution in [0.15, 0.2) is 0 Å². The Bertz CT molecular complexity index is 878. The van der Waals surface area contributed by atoms with Gasteiger partial charge in [-0.05, 0) is 136 Å². The number of rotatable bonds is 27. The summed E-state index contributed by atoms with van der Waals surface area (Å²) in [6.07, 6.45) is 2.97. The molecule has 0 aromatic rings. The van der Waals surface area contributed by atoms with Gasteiger partial charge in [-0.3, -0.25) is 4.79 Å². The van der Waals surface area contributed by atoms with Crippen molar-refractivity contribution in [1.82, 2.24) is 5.32 Å². The van der Waals surface area contributed by atoms with Gasteiger partial charge in [0.05, 0.1) is 18.6 Å². The number of alkyl carbamates (subject to hydrolysis) is 1. The SMILES string of the molecule is CCNC(=O)OCC(COCCCC[Si](C)(O[Si](C)(C)C)O[Si](C)(C)C)(COCCCC[Si](C)(O[Si](C)(C)C)O[Si](C)(C)C)COC(C)=O. The van der Waals surface area contributed by atoms with E-state index < -0.39 is 67.9 Å². The molecule has 0 atom stereocenters. The number of unbranched alkanes of at least 4 members (excludes halogenated alkanes) is 2. The maximum Gasteiger partial charge on any atom is 0.407 e. The molecular formula is C32H75NO10Si6. The molecule has 0 radical (unpaired) electrons. The highest BCUT2D eigenvalue weighted by Gasteiger charge is 2.41. The molecule has 0 aliphatic rings. The molecule has 0 heterocycles. The van der Waals surface area contributed by atoms with Gasteiger partial charge in [-0.1, -0.05) is 0 Å². The Morgan fingerprint density at radius 3 is 1.18 bits per heavy atom. The van der Waals surface area contributed by atoms with Gasteiger partial charge in [0.15, 0.2) is 33.3 Å². The molecular weight excluding hydrogens is 727 g/mol. The Labute approximate surface area is 306 Å². The third-order valence-electron chi connectivity index (χ3n) is 6.66. The lowest BCUT2D eigenvalue weighted by molar-refractivity contribution is -0.151. The van der Waals surface area contributed by atoms with Gasteiger partial charge in [-0.2, -0.15) is 0 Å².